The number of benzene rings is 1. The second kappa shape index (κ2) is 8.34. The lowest BCUT2D eigenvalue weighted by atomic mass is 9.85. The first-order valence-corrected chi connectivity index (χ1v) is 10.9. The number of thioether (sulfide) groups is 1. The molecule has 1 N–H and O–H groups in total. The third kappa shape index (κ3) is 4.13. The zero-order chi connectivity index (χ0) is 20.5. The van der Waals surface area contributed by atoms with Crippen LogP contribution in [0.5, 0.6) is 0 Å². The fourth-order valence-electron chi connectivity index (χ4n) is 3.78. The quantitative estimate of drug-likeness (QED) is 0.496. The first kappa shape index (κ1) is 20.2. The number of carboxylic acids is 1. The molecular formula is C21H18ClNO4S2. The van der Waals surface area contributed by atoms with Gasteiger partial charge in [-0.2, -0.15) is 0 Å². The maximum atomic E-state index is 13.0. The van der Waals surface area contributed by atoms with Gasteiger partial charge < -0.3 is 9.52 Å². The van der Waals surface area contributed by atoms with Gasteiger partial charge >= 0.3 is 5.97 Å². The van der Waals surface area contributed by atoms with Crippen LogP contribution in [0.4, 0.5) is 0 Å². The van der Waals surface area contributed by atoms with E-state index in [1.54, 1.807) is 23.1 Å². The van der Waals surface area contributed by atoms with E-state index in [0.717, 1.165) is 18.4 Å². The van der Waals surface area contributed by atoms with Crippen molar-refractivity contribution in [2.45, 2.75) is 31.7 Å². The summed E-state index contributed by atoms with van der Waals surface area (Å²) < 4.78 is 6.33. The molecule has 8 heteroatoms. The van der Waals surface area contributed by atoms with Gasteiger partial charge in [0.1, 0.15) is 15.8 Å². The van der Waals surface area contributed by atoms with Gasteiger partial charge in [0.25, 0.3) is 5.91 Å². The molecule has 0 bridgehead atoms. The van der Waals surface area contributed by atoms with Gasteiger partial charge in [-0.15, -0.1) is 0 Å². The highest BCUT2D eigenvalue weighted by molar-refractivity contribution is 8.26. The van der Waals surface area contributed by atoms with E-state index in [9.17, 15) is 14.7 Å². The molecule has 2 heterocycles. The third-order valence-electron chi connectivity index (χ3n) is 5.22. The summed E-state index contributed by atoms with van der Waals surface area (Å²) in [6.07, 6.45) is 4.30. The lowest BCUT2D eigenvalue weighted by Crippen LogP contribution is -2.42. The van der Waals surface area contributed by atoms with Gasteiger partial charge in [-0.3, -0.25) is 14.5 Å². The number of rotatable bonds is 4. The number of carbonyl (C=O) groups is 2. The fourth-order valence-corrected chi connectivity index (χ4v) is 5.39. The molecule has 0 radical (unpaired) electrons. The van der Waals surface area contributed by atoms with Crippen molar-refractivity contribution in [2.75, 3.05) is 0 Å². The molecule has 1 saturated heterocycles. The van der Waals surface area contributed by atoms with E-state index in [1.165, 1.54) is 11.8 Å². The molecular weight excluding hydrogens is 430 g/mol. The third-order valence-corrected chi connectivity index (χ3v) is 6.88. The molecule has 2 unspecified atom stereocenters. The highest BCUT2D eigenvalue weighted by Crippen LogP contribution is 2.39. The van der Waals surface area contributed by atoms with E-state index in [0.29, 0.717) is 38.6 Å². The molecule has 1 saturated carbocycles. The average Bonchev–Trinajstić information content (AvgIpc) is 3.27. The summed E-state index contributed by atoms with van der Waals surface area (Å²) in [4.78, 5) is 26.4. The van der Waals surface area contributed by atoms with Gasteiger partial charge in [-0.25, -0.2) is 0 Å². The van der Waals surface area contributed by atoms with Crippen LogP contribution in [0.25, 0.3) is 17.4 Å². The molecule has 5 nitrogen and oxygen atoms in total. The van der Waals surface area contributed by atoms with Crippen LogP contribution in [0.1, 0.15) is 31.4 Å². The molecule has 1 aromatic heterocycles. The number of amides is 1. The SMILES string of the molecule is O=C(O)C1CCCC(N2C(=O)C(=Cc3ccc(-c4ccccc4Cl)o3)SC2=S)C1. The first-order valence-electron chi connectivity index (χ1n) is 9.28. The van der Waals surface area contributed by atoms with Crippen LogP contribution in [0.2, 0.25) is 5.02 Å². The van der Waals surface area contributed by atoms with Crippen molar-refractivity contribution < 1.29 is 19.1 Å². The largest absolute Gasteiger partial charge is 0.481 e. The molecule has 2 atom stereocenters. The van der Waals surface area contributed by atoms with Crippen LogP contribution in [0, 0.1) is 5.92 Å². The van der Waals surface area contributed by atoms with E-state index in [4.69, 9.17) is 28.2 Å². The van der Waals surface area contributed by atoms with Crippen LogP contribution < -0.4 is 0 Å². The molecule has 1 aromatic carbocycles. The van der Waals surface area contributed by atoms with Crippen molar-refractivity contribution >= 4 is 57.9 Å². The fraction of sp³-hybridized carbons (Fsp3) is 0.286. The lowest BCUT2D eigenvalue weighted by molar-refractivity contribution is -0.144. The van der Waals surface area contributed by atoms with E-state index in [-0.39, 0.29) is 11.9 Å². The zero-order valence-electron chi connectivity index (χ0n) is 15.3. The Morgan fingerprint density at radius 1 is 1.28 bits per heavy atom. The second-order valence-electron chi connectivity index (χ2n) is 7.09. The van der Waals surface area contributed by atoms with Crippen LogP contribution in [0.3, 0.4) is 0 Å². The number of hydrogen-bond acceptors (Lipinski definition) is 5. The highest BCUT2D eigenvalue weighted by Gasteiger charge is 2.40. The second-order valence-corrected chi connectivity index (χ2v) is 9.17. The van der Waals surface area contributed by atoms with Crippen molar-refractivity contribution in [3.63, 3.8) is 0 Å². The van der Waals surface area contributed by atoms with Gasteiger partial charge in [0.2, 0.25) is 0 Å². The number of halogens is 1. The topological polar surface area (TPSA) is 70.8 Å². The number of aliphatic carboxylic acids is 1. The van der Waals surface area contributed by atoms with E-state index < -0.39 is 11.9 Å². The zero-order valence-corrected chi connectivity index (χ0v) is 17.7. The maximum Gasteiger partial charge on any atom is 0.306 e. The summed E-state index contributed by atoms with van der Waals surface area (Å²) in [5, 5.41) is 9.91. The Hall–Kier alpha value is -2.09. The van der Waals surface area contributed by atoms with Crippen LogP contribution >= 0.6 is 35.6 Å². The van der Waals surface area contributed by atoms with Gasteiger partial charge in [0.05, 0.1) is 15.8 Å². The van der Waals surface area contributed by atoms with Gasteiger partial charge in [0, 0.05) is 17.7 Å². The predicted molar refractivity (Wildman–Crippen MR) is 118 cm³/mol. The number of carbonyl (C=O) groups excluding carboxylic acids is 1. The Bertz CT molecular complexity index is 1020. The summed E-state index contributed by atoms with van der Waals surface area (Å²) in [6, 6.07) is 10.8. The van der Waals surface area contributed by atoms with E-state index >= 15 is 0 Å². The Balaban J connectivity index is 1.54. The van der Waals surface area contributed by atoms with Crippen LogP contribution in [0.15, 0.2) is 45.7 Å². The molecule has 29 heavy (non-hydrogen) atoms. The summed E-state index contributed by atoms with van der Waals surface area (Å²) in [5.41, 5.74) is 0.781. The van der Waals surface area contributed by atoms with Gasteiger partial charge in [-0.1, -0.05) is 54.1 Å². The van der Waals surface area contributed by atoms with Crippen molar-refractivity contribution in [3.8, 4) is 11.3 Å². The van der Waals surface area contributed by atoms with Crippen molar-refractivity contribution in [3.05, 3.63) is 52.1 Å². The first-order chi connectivity index (χ1) is 13.9. The normalized spacial score (nSPS) is 23.8. The molecule has 4 rings (SSSR count). The minimum Gasteiger partial charge on any atom is -0.481 e. The summed E-state index contributed by atoms with van der Waals surface area (Å²) in [7, 11) is 0. The molecule has 1 amide bonds. The van der Waals surface area contributed by atoms with Crippen molar-refractivity contribution in [1.29, 1.82) is 0 Å². The van der Waals surface area contributed by atoms with Crippen molar-refractivity contribution in [1.82, 2.24) is 4.90 Å². The average molecular weight is 448 g/mol. The Morgan fingerprint density at radius 3 is 2.83 bits per heavy atom. The molecule has 1 aliphatic carbocycles. The molecule has 0 spiro atoms. The van der Waals surface area contributed by atoms with Gasteiger partial charge in [-0.05, 0) is 43.5 Å². The minimum absolute atomic E-state index is 0.168. The Kier molecular flexibility index (Phi) is 5.81. The summed E-state index contributed by atoms with van der Waals surface area (Å²) >= 11 is 12.9. The number of furan rings is 1. The molecule has 1 aliphatic heterocycles. The molecule has 2 aromatic rings. The number of thiocarbonyl (C=S) groups is 1. The van der Waals surface area contributed by atoms with Crippen LogP contribution in [-0.4, -0.2) is 32.2 Å². The molecule has 2 fully saturated rings. The maximum absolute atomic E-state index is 13.0. The Morgan fingerprint density at radius 2 is 2.07 bits per heavy atom. The van der Waals surface area contributed by atoms with Crippen molar-refractivity contribution in [2.24, 2.45) is 5.92 Å². The summed E-state index contributed by atoms with van der Waals surface area (Å²) in [6.45, 7) is 0. The number of carboxylic acid groups (broad SMARTS) is 1. The minimum atomic E-state index is -0.807. The highest BCUT2D eigenvalue weighted by atomic mass is 35.5. The predicted octanol–water partition coefficient (Wildman–Crippen LogP) is 5.44. The van der Waals surface area contributed by atoms with E-state index in [1.807, 2.05) is 24.3 Å². The Labute approximate surface area is 182 Å². The lowest BCUT2D eigenvalue weighted by Gasteiger charge is -2.32. The number of nitrogens with zero attached hydrogens (tertiary/aromatic N) is 1. The molecule has 2 aliphatic rings. The smallest absolute Gasteiger partial charge is 0.306 e. The van der Waals surface area contributed by atoms with Gasteiger partial charge in [0.15, 0.2) is 0 Å². The summed E-state index contributed by atoms with van der Waals surface area (Å²) in [5.74, 6) is -0.267. The standard InChI is InChI=1S/C21H18ClNO4S2/c22-16-7-2-1-6-15(16)17-9-8-14(27-17)11-18-19(24)23(21(28)29-18)13-5-3-4-12(10-13)20(25)26/h1-2,6-9,11-13H,3-5,10H2,(H,25,26). The van der Waals surface area contributed by atoms with Crippen LogP contribution in [-0.2, 0) is 9.59 Å². The van der Waals surface area contributed by atoms with E-state index in [2.05, 4.69) is 0 Å². The monoisotopic (exact) mass is 447 g/mol. The molecule has 150 valence electrons. The number of hydrogen-bond donors (Lipinski definition) is 1.